The summed E-state index contributed by atoms with van der Waals surface area (Å²) in [4.78, 5) is 17.5. The smallest absolute Gasteiger partial charge is 0.248 e. The van der Waals surface area contributed by atoms with E-state index in [9.17, 15) is 4.79 Å². The van der Waals surface area contributed by atoms with Gasteiger partial charge in [-0.2, -0.15) is 0 Å². The van der Waals surface area contributed by atoms with Crippen molar-refractivity contribution in [2.45, 2.75) is 13.0 Å². The highest BCUT2D eigenvalue weighted by molar-refractivity contribution is 6.10. The number of aryl methyl sites for hydroxylation is 1. The number of nitrogens with one attached hydrogen (secondary N) is 1. The molecule has 1 unspecified atom stereocenters. The first-order valence-corrected chi connectivity index (χ1v) is 10.9. The van der Waals surface area contributed by atoms with Gasteiger partial charge >= 0.3 is 0 Å². The Morgan fingerprint density at radius 1 is 0.969 bits per heavy atom. The van der Waals surface area contributed by atoms with Crippen LogP contribution in [0.2, 0.25) is 0 Å². The minimum atomic E-state index is -0.188. The summed E-state index contributed by atoms with van der Waals surface area (Å²) in [6, 6.07) is 22.1. The molecule has 5 rings (SSSR count). The maximum absolute atomic E-state index is 12.3. The zero-order valence-corrected chi connectivity index (χ0v) is 18.0. The van der Waals surface area contributed by atoms with Crippen LogP contribution in [0.5, 0.6) is 11.5 Å². The molecular weight excluding hydrogens is 404 g/mol. The van der Waals surface area contributed by atoms with Gasteiger partial charge in [-0.15, -0.1) is 0 Å². The van der Waals surface area contributed by atoms with Gasteiger partial charge in [0.2, 0.25) is 5.91 Å². The standard InChI is InChI=1S/C26H26N2O4/c1-18-7-2-5-11-23(18)30-14-13-28-15-19(31-17-25(28)29)16-32-24-12-6-10-22-26(24)20-8-3-4-9-21(20)27-22/h2-12,19,27H,13-17H2,1H3. The molecule has 3 aromatic carbocycles. The SMILES string of the molecule is Cc1ccccc1OCCN1CC(COc2cccc3[nH]c4ccccc4c23)OCC1=O. The predicted molar refractivity (Wildman–Crippen MR) is 124 cm³/mol. The number of rotatable bonds is 7. The van der Waals surface area contributed by atoms with Gasteiger partial charge in [0.1, 0.15) is 37.4 Å². The molecule has 0 radical (unpaired) electrons. The zero-order chi connectivity index (χ0) is 21.9. The quantitative estimate of drug-likeness (QED) is 0.474. The molecule has 1 N–H and O–H groups in total. The fraction of sp³-hybridized carbons (Fsp3) is 0.269. The maximum Gasteiger partial charge on any atom is 0.248 e. The summed E-state index contributed by atoms with van der Waals surface area (Å²) in [6.07, 6.45) is -0.188. The van der Waals surface area contributed by atoms with E-state index in [4.69, 9.17) is 14.2 Å². The molecule has 1 aliphatic rings. The van der Waals surface area contributed by atoms with Crippen LogP contribution in [-0.2, 0) is 9.53 Å². The highest BCUT2D eigenvalue weighted by Gasteiger charge is 2.27. The number of aromatic nitrogens is 1. The van der Waals surface area contributed by atoms with Crippen molar-refractivity contribution in [1.82, 2.24) is 9.88 Å². The number of carbonyl (C=O) groups is 1. The molecule has 1 aliphatic heterocycles. The van der Waals surface area contributed by atoms with Crippen LogP contribution in [0.3, 0.4) is 0 Å². The van der Waals surface area contributed by atoms with E-state index >= 15 is 0 Å². The summed E-state index contributed by atoms with van der Waals surface area (Å²) in [5.41, 5.74) is 3.20. The third-order valence-corrected chi connectivity index (χ3v) is 5.85. The molecule has 4 aromatic rings. The van der Waals surface area contributed by atoms with Gasteiger partial charge in [0.05, 0.1) is 18.6 Å². The Hall–Kier alpha value is -3.51. The molecule has 0 bridgehead atoms. The first-order chi connectivity index (χ1) is 15.7. The van der Waals surface area contributed by atoms with E-state index in [1.165, 1.54) is 0 Å². The third-order valence-electron chi connectivity index (χ3n) is 5.85. The summed E-state index contributed by atoms with van der Waals surface area (Å²) in [5, 5.41) is 2.20. The van der Waals surface area contributed by atoms with Crippen LogP contribution in [0.15, 0.2) is 66.7 Å². The van der Waals surface area contributed by atoms with Crippen molar-refractivity contribution in [3.63, 3.8) is 0 Å². The summed E-state index contributed by atoms with van der Waals surface area (Å²) >= 11 is 0. The van der Waals surface area contributed by atoms with Crippen LogP contribution in [0.25, 0.3) is 21.8 Å². The van der Waals surface area contributed by atoms with Crippen molar-refractivity contribution < 1.29 is 19.0 Å². The third kappa shape index (κ3) is 4.14. The number of hydrogen-bond acceptors (Lipinski definition) is 4. The number of H-pyrrole nitrogens is 1. The lowest BCUT2D eigenvalue weighted by molar-refractivity contribution is -0.150. The van der Waals surface area contributed by atoms with E-state index in [0.717, 1.165) is 38.9 Å². The summed E-state index contributed by atoms with van der Waals surface area (Å²) < 4.78 is 17.8. The van der Waals surface area contributed by atoms with Crippen LogP contribution in [0, 0.1) is 6.92 Å². The van der Waals surface area contributed by atoms with Crippen molar-refractivity contribution in [3.05, 3.63) is 72.3 Å². The largest absolute Gasteiger partial charge is 0.491 e. The number of morpholine rings is 1. The molecule has 0 aliphatic carbocycles. The second-order valence-electron chi connectivity index (χ2n) is 8.05. The number of para-hydroxylation sites is 2. The number of benzene rings is 3. The topological polar surface area (TPSA) is 63.8 Å². The number of aromatic amines is 1. The monoisotopic (exact) mass is 430 g/mol. The first-order valence-electron chi connectivity index (χ1n) is 10.9. The number of fused-ring (bicyclic) bond motifs is 3. The summed E-state index contributed by atoms with van der Waals surface area (Å²) in [5.74, 6) is 1.64. The summed E-state index contributed by atoms with van der Waals surface area (Å²) in [6.45, 7) is 3.90. The summed E-state index contributed by atoms with van der Waals surface area (Å²) in [7, 11) is 0. The van der Waals surface area contributed by atoms with Crippen molar-refractivity contribution in [2.24, 2.45) is 0 Å². The lowest BCUT2D eigenvalue weighted by atomic mass is 10.1. The number of hydrogen-bond donors (Lipinski definition) is 1. The molecule has 1 aromatic heterocycles. The Morgan fingerprint density at radius 2 is 1.75 bits per heavy atom. The van der Waals surface area contributed by atoms with Gasteiger partial charge in [-0.3, -0.25) is 4.79 Å². The normalized spacial score (nSPS) is 16.6. The van der Waals surface area contributed by atoms with E-state index in [-0.39, 0.29) is 18.6 Å². The molecule has 6 nitrogen and oxygen atoms in total. The van der Waals surface area contributed by atoms with Crippen molar-refractivity contribution >= 4 is 27.7 Å². The van der Waals surface area contributed by atoms with Gasteiger partial charge in [-0.1, -0.05) is 42.5 Å². The van der Waals surface area contributed by atoms with Crippen LogP contribution in [0.1, 0.15) is 5.56 Å². The lowest BCUT2D eigenvalue weighted by Gasteiger charge is -2.32. The number of amides is 1. The van der Waals surface area contributed by atoms with E-state index in [0.29, 0.717) is 26.3 Å². The molecule has 2 heterocycles. The van der Waals surface area contributed by atoms with Gasteiger partial charge in [-0.05, 0) is 36.8 Å². The Kier molecular flexibility index (Phi) is 5.69. The van der Waals surface area contributed by atoms with E-state index in [1.807, 2.05) is 61.5 Å². The highest BCUT2D eigenvalue weighted by atomic mass is 16.5. The molecule has 0 saturated carbocycles. The predicted octanol–water partition coefficient (Wildman–Crippen LogP) is 4.31. The number of nitrogens with zero attached hydrogens (tertiary/aromatic N) is 1. The van der Waals surface area contributed by atoms with Gasteiger partial charge in [0.15, 0.2) is 0 Å². The average Bonchev–Trinajstić information content (AvgIpc) is 3.20. The van der Waals surface area contributed by atoms with Gasteiger partial charge in [0, 0.05) is 16.3 Å². The molecule has 1 fully saturated rings. The van der Waals surface area contributed by atoms with Crippen LogP contribution in [0.4, 0.5) is 0 Å². The minimum absolute atomic E-state index is 0.0200. The average molecular weight is 431 g/mol. The second kappa shape index (κ2) is 8.93. The fourth-order valence-corrected chi connectivity index (χ4v) is 4.15. The van der Waals surface area contributed by atoms with Crippen molar-refractivity contribution in [3.8, 4) is 11.5 Å². The van der Waals surface area contributed by atoms with Gasteiger partial charge < -0.3 is 24.1 Å². The molecule has 1 saturated heterocycles. The van der Waals surface area contributed by atoms with Crippen LogP contribution >= 0.6 is 0 Å². The molecule has 0 spiro atoms. The lowest BCUT2D eigenvalue weighted by Crippen LogP contribution is -2.49. The minimum Gasteiger partial charge on any atom is -0.491 e. The van der Waals surface area contributed by atoms with E-state index < -0.39 is 0 Å². The zero-order valence-electron chi connectivity index (χ0n) is 18.0. The molecule has 1 amide bonds. The fourth-order valence-electron chi connectivity index (χ4n) is 4.15. The van der Waals surface area contributed by atoms with Crippen LogP contribution < -0.4 is 9.47 Å². The Bertz CT molecular complexity index is 1250. The van der Waals surface area contributed by atoms with E-state index in [1.54, 1.807) is 4.90 Å². The molecule has 164 valence electrons. The van der Waals surface area contributed by atoms with Crippen molar-refractivity contribution in [2.75, 3.05) is 32.9 Å². The Labute approximate surface area is 186 Å². The molecule has 1 atom stereocenters. The number of carbonyl (C=O) groups excluding carboxylic acids is 1. The molecule has 6 heteroatoms. The second-order valence-corrected chi connectivity index (χ2v) is 8.05. The van der Waals surface area contributed by atoms with Gasteiger partial charge in [-0.25, -0.2) is 0 Å². The number of ether oxygens (including phenoxy) is 3. The van der Waals surface area contributed by atoms with Crippen molar-refractivity contribution in [1.29, 1.82) is 0 Å². The van der Waals surface area contributed by atoms with Crippen LogP contribution in [-0.4, -0.2) is 54.8 Å². The molecule has 32 heavy (non-hydrogen) atoms. The highest BCUT2D eigenvalue weighted by Crippen LogP contribution is 2.33. The maximum atomic E-state index is 12.3. The Morgan fingerprint density at radius 3 is 2.66 bits per heavy atom. The Balaban J connectivity index is 1.22. The van der Waals surface area contributed by atoms with E-state index in [2.05, 4.69) is 17.1 Å². The first kappa shape index (κ1) is 20.4. The molecular formula is C26H26N2O4. The van der Waals surface area contributed by atoms with Gasteiger partial charge in [0.25, 0.3) is 0 Å².